The van der Waals surface area contributed by atoms with Crippen LogP contribution in [0.2, 0.25) is 0 Å². The van der Waals surface area contributed by atoms with Gasteiger partial charge in [0.2, 0.25) is 5.91 Å². The number of allylic oxidation sites excluding steroid dienone is 2. The maximum atomic E-state index is 14.2. The number of hydrogen-bond donors (Lipinski definition) is 1. The number of fused-ring (bicyclic) bond motifs is 1. The van der Waals surface area contributed by atoms with Gasteiger partial charge in [-0.05, 0) is 62.7 Å². The Hall–Kier alpha value is -3.53. The van der Waals surface area contributed by atoms with Crippen molar-refractivity contribution in [2.24, 2.45) is 11.8 Å². The van der Waals surface area contributed by atoms with E-state index >= 15 is 0 Å². The van der Waals surface area contributed by atoms with Gasteiger partial charge < -0.3 is 19.6 Å². The van der Waals surface area contributed by atoms with Crippen LogP contribution in [-0.4, -0.2) is 81.9 Å². The van der Waals surface area contributed by atoms with Gasteiger partial charge in [-0.15, -0.1) is 0 Å². The van der Waals surface area contributed by atoms with Crippen molar-refractivity contribution in [3.63, 3.8) is 0 Å². The van der Waals surface area contributed by atoms with Gasteiger partial charge in [0.25, 0.3) is 5.91 Å². The zero-order chi connectivity index (χ0) is 27.3. The molecule has 6 rings (SSSR count). The molecule has 2 fully saturated rings. The maximum Gasteiger partial charge on any atom is 0.306 e. The molecule has 2 aliphatic heterocycles. The first-order valence-electron chi connectivity index (χ1n) is 14.0. The number of pyridine rings is 1. The number of carbonyl (C=O) groups excluding carboxylic acids is 2. The summed E-state index contributed by atoms with van der Waals surface area (Å²) in [6, 6.07) is 1.85. The molecule has 2 aromatic rings. The first-order valence-corrected chi connectivity index (χ1v) is 14.0. The van der Waals surface area contributed by atoms with Gasteiger partial charge in [0.05, 0.1) is 29.0 Å². The number of rotatable bonds is 6. The summed E-state index contributed by atoms with van der Waals surface area (Å²) < 4.78 is 6.88. The first kappa shape index (κ1) is 25.7. The molecule has 2 aliphatic carbocycles. The Morgan fingerprint density at radius 2 is 1.87 bits per heavy atom. The second-order valence-electron chi connectivity index (χ2n) is 11.2. The fourth-order valence-electron chi connectivity index (χ4n) is 6.23. The van der Waals surface area contributed by atoms with Gasteiger partial charge in [0.1, 0.15) is 5.82 Å². The zero-order valence-corrected chi connectivity index (χ0v) is 22.6. The molecular formula is C29H35N5O5. The fraction of sp³-hybridized carbons (Fsp3) is 0.552. The second kappa shape index (κ2) is 10.2. The molecule has 2 aromatic heterocycles. The second-order valence-corrected chi connectivity index (χ2v) is 11.2. The molecule has 0 radical (unpaired) electrons. The van der Waals surface area contributed by atoms with E-state index in [-0.39, 0.29) is 29.8 Å². The number of methoxy groups -OCH3 is 1. The lowest BCUT2D eigenvalue weighted by atomic mass is 9.82. The van der Waals surface area contributed by atoms with Crippen LogP contribution in [0.25, 0.3) is 5.57 Å². The third kappa shape index (κ3) is 4.54. The number of aryl methyl sites for hydroxylation is 1. The maximum absolute atomic E-state index is 14.2. The lowest BCUT2D eigenvalue weighted by Gasteiger charge is -2.40. The number of aromatic nitrogens is 3. The lowest BCUT2D eigenvalue weighted by Crippen LogP contribution is -2.56. The van der Waals surface area contributed by atoms with Gasteiger partial charge >= 0.3 is 5.97 Å². The minimum Gasteiger partial charge on any atom is -0.481 e. The molecule has 1 N–H and O–H groups in total. The number of ether oxygens (including phenoxy) is 1. The summed E-state index contributed by atoms with van der Waals surface area (Å²) in [5.41, 5.74) is 4.98. The van der Waals surface area contributed by atoms with E-state index < -0.39 is 5.97 Å². The van der Waals surface area contributed by atoms with Crippen LogP contribution in [0.1, 0.15) is 65.0 Å². The molecular weight excluding hydrogens is 498 g/mol. The van der Waals surface area contributed by atoms with Gasteiger partial charge in [-0.3, -0.25) is 14.4 Å². The molecule has 0 spiro atoms. The predicted molar refractivity (Wildman–Crippen MR) is 144 cm³/mol. The van der Waals surface area contributed by atoms with Crippen molar-refractivity contribution in [1.82, 2.24) is 19.7 Å². The fourth-order valence-corrected chi connectivity index (χ4v) is 6.23. The van der Waals surface area contributed by atoms with Crippen LogP contribution in [0.4, 0.5) is 5.82 Å². The van der Waals surface area contributed by atoms with Crippen LogP contribution < -0.4 is 4.90 Å². The van der Waals surface area contributed by atoms with Gasteiger partial charge in [-0.1, -0.05) is 6.08 Å². The van der Waals surface area contributed by atoms with E-state index in [1.54, 1.807) is 13.3 Å². The Morgan fingerprint density at radius 1 is 1.10 bits per heavy atom. The van der Waals surface area contributed by atoms with Gasteiger partial charge in [0.15, 0.2) is 0 Å². The van der Waals surface area contributed by atoms with Crippen LogP contribution in [0, 0.1) is 18.8 Å². The van der Waals surface area contributed by atoms with Crippen LogP contribution in [0.15, 0.2) is 18.3 Å². The molecule has 4 aliphatic rings. The third-order valence-corrected chi connectivity index (χ3v) is 8.88. The average molecular weight is 534 g/mol. The quantitative estimate of drug-likeness (QED) is 0.602. The Labute approximate surface area is 227 Å². The number of carboxylic acids is 1. The third-order valence-electron chi connectivity index (χ3n) is 8.88. The van der Waals surface area contributed by atoms with Crippen LogP contribution in [-0.2, 0) is 27.2 Å². The van der Waals surface area contributed by atoms with E-state index in [4.69, 9.17) is 9.84 Å². The number of carboxylic acid groups (broad SMARTS) is 1. The molecule has 2 saturated heterocycles. The molecule has 10 heteroatoms. The number of amides is 1. The summed E-state index contributed by atoms with van der Waals surface area (Å²) in [6.07, 6.45) is 8.29. The largest absolute Gasteiger partial charge is 0.481 e. The van der Waals surface area contributed by atoms with Crippen molar-refractivity contribution in [2.75, 3.05) is 38.2 Å². The Morgan fingerprint density at radius 3 is 2.51 bits per heavy atom. The van der Waals surface area contributed by atoms with E-state index in [0.29, 0.717) is 63.0 Å². The van der Waals surface area contributed by atoms with Crippen molar-refractivity contribution in [3.05, 3.63) is 46.4 Å². The number of hydrogen-bond acceptors (Lipinski definition) is 7. The van der Waals surface area contributed by atoms with Gasteiger partial charge in [-0.25, -0.2) is 4.98 Å². The molecule has 0 aromatic carbocycles. The van der Waals surface area contributed by atoms with Crippen molar-refractivity contribution in [1.29, 1.82) is 0 Å². The number of carbonyl (C=O) groups is 3. The number of nitrogens with zero attached hydrogens (tertiary/aromatic N) is 5. The standard InChI is InChI=1S/C29H35N5O5/c1-17-10-11-30-26(32-12-3-13-32)24(17)28(36)34-23-14-20(27(35)33-15-21(16-33)39-2)8-9-22(23)25(31-34)18-4-6-19(7-5-18)29(37)38/h4,10-11,19-21H,3,5-9,12-16H2,1-2H3,(H,37,38). The minimum absolute atomic E-state index is 0.0909. The highest BCUT2D eigenvalue weighted by Crippen LogP contribution is 2.38. The van der Waals surface area contributed by atoms with Crippen LogP contribution in [0.3, 0.4) is 0 Å². The van der Waals surface area contributed by atoms with Crippen molar-refractivity contribution in [2.45, 2.75) is 58.0 Å². The molecule has 4 heterocycles. The normalized spacial score (nSPS) is 23.0. The highest BCUT2D eigenvalue weighted by atomic mass is 16.5. The first-order chi connectivity index (χ1) is 18.9. The van der Waals surface area contributed by atoms with E-state index in [2.05, 4.69) is 9.88 Å². The summed E-state index contributed by atoms with van der Waals surface area (Å²) >= 11 is 0. The monoisotopic (exact) mass is 533 g/mol. The Kier molecular flexibility index (Phi) is 6.74. The van der Waals surface area contributed by atoms with Crippen LogP contribution >= 0.6 is 0 Å². The van der Waals surface area contributed by atoms with E-state index in [0.717, 1.165) is 47.6 Å². The number of anilines is 1. The summed E-state index contributed by atoms with van der Waals surface area (Å²) in [5, 5.41) is 14.4. The number of likely N-dealkylation sites (tertiary alicyclic amines) is 1. The molecule has 2 unspecified atom stereocenters. The summed E-state index contributed by atoms with van der Waals surface area (Å²) in [4.78, 5) is 47.6. The topological polar surface area (TPSA) is 118 Å². The highest BCUT2D eigenvalue weighted by Gasteiger charge is 2.39. The molecule has 2 atom stereocenters. The smallest absolute Gasteiger partial charge is 0.306 e. The summed E-state index contributed by atoms with van der Waals surface area (Å²) in [7, 11) is 1.67. The molecule has 0 bridgehead atoms. The average Bonchev–Trinajstić information content (AvgIpc) is 3.26. The Balaban J connectivity index is 1.37. The van der Waals surface area contributed by atoms with Crippen molar-refractivity contribution in [3.8, 4) is 0 Å². The van der Waals surface area contributed by atoms with E-state index in [9.17, 15) is 19.5 Å². The number of aliphatic carboxylic acids is 1. The zero-order valence-electron chi connectivity index (χ0n) is 22.6. The van der Waals surface area contributed by atoms with E-state index in [1.165, 1.54) is 4.68 Å². The summed E-state index contributed by atoms with van der Waals surface area (Å²) in [6.45, 7) is 4.87. The molecule has 1 amide bonds. The molecule has 0 saturated carbocycles. The molecule has 39 heavy (non-hydrogen) atoms. The highest BCUT2D eigenvalue weighted by molar-refractivity contribution is 6.02. The van der Waals surface area contributed by atoms with Gasteiger partial charge in [-0.2, -0.15) is 9.78 Å². The van der Waals surface area contributed by atoms with Crippen LogP contribution in [0.5, 0.6) is 0 Å². The van der Waals surface area contributed by atoms with Crippen molar-refractivity contribution < 1.29 is 24.2 Å². The minimum atomic E-state index is -0.776. The van der Waals surface area contributed by atoms with Crippen molar-refractivity contribution >= 4 is 29.2 Å². The Bertz CT molecular complexity index is 1350. The van der Waals surface area contributed by atoms with Gasteiger partial charge in [0, 0.05) is 57.4 Å². The molecule has 10 nitrogen and oxygen atoms in total. The lowest BCUT2D eigenvalue weighted by molar-refractivity contribution is -0.147. The molecule has 206 valence electrons. The predicted octanol–water partition coefficient (Wildman–Crippen LogP) is 2.72. The summed E-state index contributed by atoms with van der Waals surface area (Å²) in [5.74, 6) is -0.806. The SMILES string of the molecule is COC1CN(C(=O)C2CCc3c(C4=CCC(C(=O)O)CC4)nn(C(=O)c4c(C)ccnc4N4CCC4)c3C2)C1. The van der Waals surface area contributed by atoms with E-state index in [1.807, 2.05) is 24.0 Å².